The number of benzene rings is 2. The number of carbonyl (C=O) groups is 3. The average molecular weight is 461 g/mol. The normalized spacial score (nSPS) is 24.7. The minimum absolute atomic E-state index is 0.124. The zero-order chi connectivity index (χ0) is 24.0. The van der Waals surface area contributed by atoms with Crippen molar-refractivity contribution in [2.24, 2.45) is 11.8 Å². The van der Waals surface area contributed by atoms with Crippen LogP contribution in [0.1, 0.15) is 22.3 Å². The van der Waals surface area contributed by atoms with Crippen molar-refractivity contribution in [1.29, 1.82) is 0 Å². The number of Topliss-reactive ketones (excluding diaryl/α,β-unsaturated/α-hetero) is 1. The van der Waals surface area contributed by atoms with E-state index in [1.165, 1.54) is 29.2 Å². The number of methoxy groups -OCH3 is 1. The number of carbonyl (C=O) groups excluding carboxylic acids is 3. The number of nitrogens with zero attached hydrogens (tertiary/aromatic N) is 3. The highest BCUT2D eigenvalue weighted by Gasteiger charge is 2.63. The molecule has 0 spiro atoms. The van der Waals surface area contributed by atoms with Crippen molar-refractivity contribution in [2.75, 3.05) is 25.2 Å². The molecular weight excluding hydrogens is 438 g/mol. The Morgan fingerprint density at radius 1 is 1.06 bits per heavy atom. The maximum atomic E-state index is 13.8. The summed E-state index contributed by atoms with van der Waals surface area (Å²) in [4.78, 5) is 54.4. The maximum Gasteiger partial charge on any atom is 0.269 e. The van der Waals surface area contributed by atoms with Gasteiger partial charge >= 0.3 is 0 Å². The van der Waals surface area contributed by atoms with E-state index in [0.29, 0.717) is 13.0 Å². The van der Waals surface area contributed by atoms with E-state index in [-0.39, 0.29) is 35.4 Å². The van der Waals surface area contributed by atoms with Crippen molar-refractivity contribution in [3.63, 3.8) is 0 Å². The molecule has 3 aliphatic heterocycles. The Balaban J connectivity index is 1.57. The molecule has 174 valence electrons. The van der Waals surface area contributed by atoms with Crippen LogP contribution in [0.3, 0.4) is 0 Å². The number of rotatable bonds is 7. The summed E-state index contributed by atoms with van der Waals surface area (Å²) in [6, 6.07) is 11.6. The second-order valence-corrected chi connectivity index (χ2v) is 8.65. The smallest absolute Gasteiger partial charge is 0.269 e. The molecule has 2 aromatic carbocycles. The van der Waals surface area contributed by atoms with E-state index < -0.39 is 28.8 Å². The summed E-state index contributed by atoms with van der Waals surface area (Å²) < 4.78 is 5.06. The Labute approximate surface area is 195 Å². The van der Waals surface area contributed by atoms with Gasteiger partial charge in [0.2, 0.25) is 11.8 Å². The summed E-state index contributed by atoms with van der Waals surface area (Å²) in [5, 5.41) is 11.0. The van der Waals surface area contributed by atoms with Gasteiger partial charge in [-0.3, -0.25) is 29.4 Å². The number of hydrogen-bond donors (Lipinski definition) is 0. The van der Waals surface area contributed by atoms with Gasteiger partial charge in [-0.2, -0.15) is 0 Å². The van der Waals surface area contributed by atoms with Crippen LogP contribution in [0.25, 0.3) is 6.08 Å². The predicted molar refractivity (Wildman–Crippen MR) is 123 cm³/mol. The quantitative estimate of drug-likeness (QED) is 0.205. The second kappa shape index (κ2) is 8.49. The second-order valence-electron chi connectivity index (χ2n) is 8.65. The van der Waals surface area contributed by atoms with Gasteiger partial charge in [-0.1, -0.05) is 30.4 Å². The van der Waals surface area contributed by atoms with Gasteiger partial charge in [0.05, 0.1) is 22.8 Å². The molecule has 0 aromatic heterocycles. The van der Waals surface area contributed by atoms with Gasteiger partial charge in [-0.05, 0) is 30.2 Å². The maximum absolute atomic E-state index is 13.8. The number of anilines is 1. The fourth-order valence-electron chi connectivity index (χ4n) is 5.38. The molecule has 2 fully saturated rings. The summed E-state index contributed by atoms with van der Waals surface area (Å²) >= 11 is 0. The van der Waals surface area contributed by atoms with Crippen LogP contribution in [-0.2, 0) is 14.3 Å². The standard InChI is InChI=1S/C25H23N3O6/c1-34-14-4-13-26-24(30)20-19-12-9-15-5-2-3-6-18(15)27(19)22(21(20)25(26)31)23(29)16-7-10-17(11-8-16)28(32)33/h2-3,5-12,19-22H,4,13-14H2,1H3/t19-,20+,21+,22+/m1/s1. The minimum atomic E-state index is -0.897. The van der Waals surface area contributed by atoms with E-state index >= 15 is 0 Å². The summed E-state index contributed by atoms with van der Waals surface area (Å²) in [6.07, 6.45) is 4.34. The molecule has 4 atom stereocenters. The third-order valence-corrected chi connectivity index (χ3v) is 6.87. The monoisotopic (exact) mass is 461 g/mol. The van der Waals surface area contributed by atoms with E-state index in [4.69, 9.17) is 4.74 Å². The van der Waals surface area contributed by atoms with Crippen molar-refractivity contribution in [3.8, 4) is 0 Å². The van der Waals surface area contributed by atoms with Crippen molar-refractivity contribution < 1.29 is 24.0 Å². The van der Waals surface area contributed by atoms with Crippen LogP contribution in [0.4, 0.5) is 11.4 Å². The Bertz CT molecular complexity index is 1210. The lowest BCUT2D eigenvalue weighted by molar-refractivity contribution is -0.384. The molecule has 9 heteroatoms. The van der Waals surface area contributed by atoms with Crippen LogP contribution in [0.5, 0.6) is 0 Å². The predicted octanol–water partition coefficient (Wildman–Crippen LogP) is 2.70. The lowest BCUT2D eigenvalue weighted by Gasteiger charge is -2.36. The highest BCUT2D eigenvalue weighted by molar-refractivity contribution is 6.14. The molecule has 2 saturated heterocycles. The first-order valence-corrected chi connectivity index (χ1v) is 11.1. The SMILES string of the molecule is COCCCN1C(=O)[C@@H]2[C@H](C1=O)[C@@H](C(=O)c1ccc([N+](=O)[O-])cc1)N1c3ccccc3C=C[C@H]21. The molecule has 9 nitrogen and oxygen atoms in total. The van der Waals surface area contributed by atoms with Crippen LogP contribution in [-0.4, -0.2) is 59.8 Å². The Kier molecular flexibility index (Phi) is 5.49. The van der Waals surface area contributed by atoms with Gasteiger partial charge in [-0.15, -0.1) is 0 Å². The number of nitro groups is 1. The molecule has 5 rings (SSSR count). The number of imide groups is 1. The molecule has 0 unspecified atom stereocenters. The van der Waals surface area contributed by atoms with Gasteiger partial charge in [0.1, 0.15) is 6.04 Å². The molecule has 0 aliphatic carbocycles. The molecule has 2 amide bonds. The van der Waals surface area contributed by atoms with Crippen molar-refractivity contribution in [3.05, 3.63) is 75.8 Å². The van der Waals surface area contributed by atoms with E-state index in [2.05, 4.69) is 0 Å². The number of amides is 2. The van der Waals surface area contributed by atoms with Crippen molar-refractivity contribution in [2.45, 2.75) is 18.5 Å². The lowest BCUT2D eigenvalue weighted by Crippen LogP contribution is -2.48. The number of hydrogen-bond acceptors (Lipinski definition) is 7. The van der Waals surface area contributed by atoms with Gasteiger partial charge in [0, 0.05) is 43.6 Å². The largest absolute Gasteiger partial charge is 0.385 e. The highest BCUT2D eigenvalue weighted by Crippen LogP contribution is 2.49. The van der Waals surface area contributed by atoms with E-state index in [0.717, 1.165) is 11.3 Å². The van der Waals surface area contributed by atoms with E-state index in [9.17, 15) is 24.5 Å². The van der Waals surface area contributed by atoms with Crippen molar-refractivity contribution >= 4 is 35.0 Å². The first kappa shape index (κ1) is 22.0. The molecule has 2 aromatic rings. The molecular formula is C25H23N3O6. The molecule has 3 aliphatic rings. The minimum Gasteiger partial charge on any atom is -0.385 e. The van der Waals surface area contributed by atoms with Crippen LogP contribution in [0.2, 0.25) is 0 Å². The van der Waals surface area contributed by atoms with E-state index in [1.807, 2.05) is 41.3 Å². The van der Waals surface area contributed by atoms with Gasteiger partial charge in [0.15, 0.2) is 5.78 Å². The molecule has 0 bridgehead atoms. The summed E-state index contributed by atoms with van der Waals surface area (Å²) in [7, 11) is 1.56. The van der Waals surface area contributed by atoms with Crippen molar-refractivity contribution in [1.82, 2.24) is 4.90 Å². The fraction of sp³-hybridized carbons (Fsp3) is 0.320. The highest BCUT2D eigenvalue weighted by atomic mass is 16.6. The number of ether oxygens (including phenoxy) is 1. The van der Waals surface area contributed by atoms with Crippen LogP contribution >= 0.6 is 0 Å². The number of fused-ring (bicyclic) bond motifs is 5. The Morgan fingerprint density at radius 3 is 2.47 bits per heavy atom. The molecule has 3 heterocycles. The topological polar surface area (TPSA) is 110 Å². The fourth-order valence-corrected chi connectivity index (χ4v) is 5.38. The number of nitro benzene ring substituents is 1. The molecule has 0 N–H and O–H groups in total. The zero-order valence-corrected chi connectivity index (χ0v) is 18.5. The Hall–Kier alpha value is -3.85. The number of non-ortho nitro benzene ring substituents is 1. The third kappa shape index (κ3) is 3.31. The molecule has 34 heavy (non-hydrogen) atoms. The summed E-state index contributed by atoms with van der Waals surface area (Å²) in [5.74, 6) is -2.47. The number of ketones is 1. The first-order chi connectivity index (χ1) is 16.4. The van der Waals surface area contributed by atoms with Gasteiger partial charge < -0.3 is 9.64 Å². The lowest BCUT2D eigenvalue weighted by atomic mass is 9.86. The van der Waals surface area contributed by atoms with Crippen LogP contribution in [0, 0.1) is 22.0 Å². The first-order valence-electron chi connectivity index (χ1n) is 11.1. The van der Waals surface area contributed by atoms with Crippen LogP contribution < -0.4 is 4.90 Å². The molecule has 0 radical (unpaired) electrons. The molecule has 0 saturated carbocycles. The average Bonchev–Trinajstić information content (AvgIpc) is 3.32. The summed E-state index contributed by atoms with van der Waals surface area (Å²) in [5.41, 5.74) is 1.83. The Morgan fingerprint density at radius 2 is 1.76 bits per heavy atom. The van der Waals surface area contributed by atoms with Gasteiger partial charge in [-0.25, -0.2) is 0 Å². The van der Waals surface area contributed by atoms with Crippen LogP contribution in [0.15, 0.2) is 54.6 Å². The zero-order valence-electron chi connectivity index (χ0n) is 18.5. The number of likely N-dealkylation sites (tertiary alicyclic amines) is 1. The summed E-state index contributed by atoms with van der Waals surface area (Å²) in [6.45, 7) is 0.657. The number of para-hydroxylation sites is 1. The van der Waals surface area contributed by atoms with E-state index in [1.54, 1.807) is 7.11 Å². The third-order valence-electron chi connectivity index (χ3n) is 6.87. The van der Waals surface area contributed by atoms with Gasteiger partial charge in [0.25, 0.3) is 5.69 Å².